The number of halogens is 1. The van der Waals surface area contributed by atoms with E-state index in [1.165, 1.54) is 0 Å². The van der Waals surface area contributed by atoms with Gasteiger partial charge in [-0.3, -0.25) is 0 Å². The predicted octanol–water partition coefficient (Wildman–Crippen LogP) is 1.97. The highest BCUT2D eigenvalue weighted by atomic mass is 35.5. The van der Waals surface area contributed by atoms with Gasteiger partial charge < -0.3 is 14.4 Å². The van der Waals surface area contributed by atoms with E-state index in [1.54, 1.807) is 6.20 Å². The molecule has 1 aliphatic heterocycles. The average Bonchev–Trinajstić information content (AvgIpc) is 2.40. The van der Waals surface area contributed by atoms with E-state index in [9.17, 15) is 0 Å². The third-order valence-corrected chi connectivity index (χ3v) is 2.85. The summed E-state index contributed by atoms with van der Waals surface area (Å²) >= 11 is 5.87. The molecule has 0 unspecified atom stereocenters. The second-order valence-corrected chi connectivity index (χ2v) is 4.17. The molecule has 98 valence electrons. The molecule has 0 spiro atoms. The van der Waals surface area contributed by atoms with Crippen LogP contribution < -0.4 is 4.90 Å². The minimum atomic E-state index is 0.226. The molecule has 2 rings (SSSR count). The topological polar surface area (TPSA) is 47.5 Å². The Morgan fingerprint density at radius 3 is 2.94 bits per heavy atom. The van der Waals surface area contributed by atoms with Crippen molar-refractivity contribution in [1.29, 1.82) is 0 Å². The molecule has 1 aromatic rings. The van der Waals surface area contributed by atoms with Gasteiger partial charge in [-0.25, -0.2) is 4.98 Å². The molecule has 0 bridgehead atoms. The normalized spacial score (nSPS) is 15.6. The fourth-order valence-corrected chi connectivity index (χ4v) is 1.95. The smallest absolute Gasteiger partial charge is 0.224 e. The number of anilines is 1. The first-order valence-corrected chi connectivity index (χ1v) is 6.27. The van der Waals surface area contributed by atoms with Crippen LogP contribution in [0.5, 0.6) is 0 Å². The Morgan fingerprint density at radius 2 is 2.28 bits per heavy atom. The maximum atomic E-state index is 5.87. The molecule has 0 N–H and O–H groups in total. The Hall–Kier alpha value is -1.33. The van der Waals surface area contributed by atoms with Gasteiger partial charge >= 0.3 is 0 Å². The first kappa shape index (κ1) is 13.1. The third kappa shape index (κ3) is 2.91. The van der Waals surface area contributed by atoms with Crippen LogP contribution in [0, 0.1) is 0 Å². The zero-order chi connectivity index (χ0) is 13.0. The van der Waals surface area contributed by atoms with Gasteiger partial charge in [0.1, 0.15) is 11.6 Å². The van der Waals surface area contributed by atoms with Gasteiger partial charge in [-0.15, -0.1) is 0 Å². The summed E-state index contributed by atoms with van der Waals surface area (Å²) in [5.74, 6) is 1.33. The van der Waals surface area contributed by atoms with Gasteiger partial charge in [0.2, 0.25) is 5.28 Å². The number of nitrogens with zero attached hydrogens (tertiary/aromatic N) is 3. The molecule has 2 heterocycles. The van der Waals surface area contributed by atoms with Gasteiger partial charge in [-0.1, -0.05) is 6.58 Å². The summed E-state index contributed by atoms with van der Waals surface area (Å²) in [7, 11) is 0. The van der Waals surface area contributed by atoms with Crippen LogP contribution >= 0.6 is 11.6 Å². The van der Waals surface area contributed by atoms with Crippen LogP contribution in [0.15, 0.2) is 12.8 Å². The largest absolute Gasteiger partial charge is 0.494 e. The molecule has 1 saturated heterocycles. The van der Waals surface area contributed by atoms with E-state index in [4.69, 9.17) is 21.1 Å². The van der Waals surface area contributed by atoms with Crippen molar-refractivity contribution >= 4 is 23.2 Å². The second kappa shape index (κ2) is 6.02. The van der Waals surface area contributed by atoms with Crippen molar-refractivity contribution in [3.05, 3.63) is 23.6 Å². The first-order chi connectivity index (χ1) is 8.72. The fraction of sp³-hybridized carbons (Fsp3) is 0.500. The van der Waals surface area contributed by atoms with E-state index in [0.29, 0.717) is 25.6 Å². The molecular formula is C12H16ClN3O2. The summed E-state index contributed by atoms with van der Waals surface area (Å²) in [4.78, 5) is 10.4. The molecule has 18 heavy (non-hydrogen) atoms. The monoisotopic (exact) mass is 269 g/mol. The number of ether oxygens (including phenoxy) is 2. The molecule has 5 nitrogen and oxygen atoms in total. The number of morpholine rings is 1. The van der Waals surface area contributed by atoms with Gasteiger partial charge in [0.05, 0.1) is 25.4 Å². The van der Waals surface area contributed by atoms with E-state index in [0.717, 1.165) is 24.5 Å². The molecule has 6 heteroatoms. The standard InChI is InChI=1S/C12H16ClN3O2/c1-3-18-9(2)10-8-14-12(13)15-11(10)16-4-6-17-7-5-16/h8H,2-7H2,1H3. The lowest BCUT2D eigenvalue weighted by atomic mass is 10.2. The molecule has 1 aliphatic rings. The van der Waals surface area contributed by atoms with E-state index in [2.05, 4.69) is 21.4 Å². The minimum absolute atomic E-state index is 0.226. The average molecular weight is 270 g/mol. The summed E-state index contributed by atoms with van der Waals surface area (Å²) in [6.07, 6.45) is 1.65. The summed E-state index contributed by atoms with van der Waals surface area (Å²) in [6.45, 7) is 9.29. The van der Waals surface area contributed by atoms with E-state index < -0.39 is 0 Å². The van der Waals surface area contributed by atoms with Crippen molar-refractivity contribution in [3.8, 4) is 0 Å². The van der Waals surface area contributed by atoms with Crippen molar-refractivity contribution in [2.24, 2.45) is 0 Å². The zero-order valence-electron chi connectivity index (χ0n) is 10.4. The van der Waals surface area contributed by atoms with Gasteiger partial charge in [0, 0.05) is 19.3 Å². The minimum Gasteiger partial charge on any atom is -0.494 e. The first-order valence-electron chi connectivity index (χ1n) is 5.89. The van der Waals surface area contributed by atoms with Crippen LogP contribution in [0.2, 0.25) is 5.28 Å². The quantitative estimate of drug-likeness (QED) is 0.618. The van der Waals surface area contributed by atoms with E-state index in [1.807, 2.05) is 6.92 Å². The van der Waals surface area contributed by atoms with Crippen LogP contribution in [0.4, 0.5) is 5.82 Å². The third-order valence-electron chi connectivity index (χ3n) is 2.67. The van der Waals surface area contributed by atoms with Gasteiger partial charge in [-0.05, 0) is 18.5 Å². The number of hydrogen-bond donors (Lipinski definition) is 0. The Balaban J connectivity index is 2.30. The summed E-state index contributed by atoms with van der Waals surface area (Å²) < 4.78 is 10.8. The lowest BCUT2D eigenvalue weighted by molar-refractivity contribution is 0.122. The van der Waals surface area contributed by atoms with Crippen LogP contribution in [0.1, 0.15) is 12.5 Å². The molecule has 1 fully saturated rings. The zero-order valence-corrected chi connectivity index (χ0v) is 11.1. The van der Waals surface area contributed by atoms with Crippen molar-refractivity contribution in [2.75, 3.05) is 37.8 Å². The number of hydrogen-bond acceptors (Lipinski definition) is 5. The summed E-state index contributed by atoms with van der Waals surface area (Å²) in [5, 5.41) is 0.226. The Labute approximate surface area is 111 Å². The van der Waals surface area contributed by atoms with Crippen molar-refractivity contribution in [2.45, 2.75) is 6.92 Å². The Kier molecular flexibility index (Phi) is 4.38. The highest BCUT2D eigenvalue weighted by Crippen LogP contribution is 2.26. The van der Waals surface area contributed by atoms with E-state index >= 15 is 0 Å². The van der Waals surface area contributed by atoms with Gasteiger partial charge in [0.15, 0.2) is 0 Å². The molecule has 0 atom stereocenters. The molecule has 0 aromatic carbocycles. The number of rotatable bonds is 4. The van der Waals surface area contributed by atoms with Crippen molar-refractivity contribution in [1.82, 2.24) is 9.97 Å². The fourth-order valence-electron chi connectivity index (χ4n) is 1.82. The molecule has 1 aromatic heterocycles. The lowest BCUT2D eigenvalue weighted by Crippen LogP contribution is -2.37. The Morgan fingerprint density at radius 1 is 1.56 bits per heavy atom. The second-order valence-electron chi connectivity index (χ2n) is 3.83. The van der Waals surface area contributed by atoms with Crippen LogP contribution in [0.3, 0.4) is 0 Å². The van der Waals surface area contributed by atoms with Crippen LogP contribution in [-0.4, -0.2) is 42.9 Å². The molecule has 0 saturated carbocycles. The highest BCUT2D eigenvalue weighted by Gasteiger charge is 2.19. The SMILES string of the molecule is C=C(OCC)c1cnc(Cl)nc1N1CCOCC1. The van der Waals surface area contributed by atoms with Crippen LogP contribution in [-0.2, 0) is 9.47 Å². The highest BCUT2D eigenvalue weighted by molar-refractivity contribution is 6.28. The predicted molar refractivity (Wildman–Crippen MR) is 70.7 cm³/mol. The summed E-state index contributed by atoms with van der Waals surface area (Å²) in [5.41, 5.74) is 0.781. The lowest BCUT2D eigenvalue weighted by Gasteiger charge is -2.29. The molecule has 0 amide bonds. The Bertz CT molecular complexity index is 433. The molecule has 0 radical (unpaired) electrons. The maximum Gasteiger partial charge on any atom is 0.224 e. The summed E-state index contributed by atoms with van der Waals surface area (Å²) in [6, 6.07) is 0. The maximum absolute atomic E-state index is 5.87. The number of aromatic nitrogens is 2. The molecule has 0 aliphatic carbocycles. The van der Waals surface area contributed by atoms with Crippen molar-refractivity contribution < 1.29 is 9.47 Å². The molecular weight excluding hydrogens is 254 g/mol. The van der Waals surface area contributed by atoms with Crippen molar-refractivity contribution in [3.63, 3.8) is 0 Å². The van der Waals surface area contributed by atoms with Crippen LogP contribution in [0.25, 0.3) is 5.76 Å². The van der Waals surface area contributed by atoms with E-state index in [-0.39, 0.29) is 5.28 Å². The van der Waals surface area contributed by atoms with Gasteiger partial charge in [-0.2, -0.15) is 4.98 Å². The van der Waals surface area contributed by atoms with Gasteiger partial charge in [0.25, 0.3) is 0 Å².